The summed E-state index contributed by atoms with van der Waals surface area (Å²) >= 11 is 7.61. The maximum atomic E-state index is 12.5. The summed E-state index contributed by atoms with van der Waals surface area (Å²) in [7, 11) is 0. The monoisotopic (exact) mass is 399 g/mol. The van der Waals surface area contributed by atoms with Gasteiger partial charge in [-0.15, -0.1) is 36.2 Å². The van der Waals surface area contributed by atoms with E-state index in [1.54, 1.807) is 11.3 Å². The molecule has 0 aliphatic carbocycles. The van der Waals surface area contributed by atoms with E-state index in [4.69, 9.17) is 11.6 Å². The van der Waals surface area contributed by atoms with Crippen LogP contribution in [0.25, 0.3) is 0 Å². The highest BCUT2D eigenvalue weighted by atomic mass is 35.5. The Labute approximate surface area is 159 Å². The van der Waals surface area contributed by atoms with Gasteiger partial charge < -0.3 is 10.2 Å². The number of halogens is 3. The van der Waals surface area contributed by atoms with Crippen LogP contribution in [-0.4, -0.2) is 55.0 Å². The van der Waals surface area contributed by atoms with E-state index in [1.165, 1.54) is 4.88 Å². The Balaban J connectivity index is 0.00000132. The number of nitrogens with one attached hydrogen (secondary N) is 1. The van der Waals surface area contributed by atoms with Crippen molar-refractivity contribution in [3.05, 3.63) is 21.3 Å². The average Bonchev–Trinajstić information content (AvgIpc) is 2.82. The normalized spacial score (nSPS) is 20.2. The summed E-state index contributed by atoms with van der Waals surface area (Å²) in [6.45, 7) is 8.62. The van der Waals surface area contributed by atoms with Crippen LogP contribution in [0.3, 0.4) is 0 Å². The van der Waals surface area contributed by atoms with Crippen molar-refractivity contribution in [1.29, 1.82) is 0 Å². The second-order valence-corrected chi connectivity index (χ2v) is 7.81. The molecule has 132 valence electrons. The Kier molecular flexibility index (Phi) is 8.63. The third-order valence-corrected chi connectivity index (χ3v) is 5.82. The van der Waals surface area contributed by atoms with Crippen molar-refractivity contribution in [2.24, 2.45) is 11.8 Å². The largest absolute Gasteiger partial charge is 0.340 e. The van der Waals surface area contributed by atoms with Gasteiger partial charge in [-0.05, 0) is 31.1 Å². The summed E-state index contributed by atoms with van der Waals surface area (Å²) in [5.41, 5.74) is 0. The molecule has 2 aliphatic rings. The topological polar surface area (TPSA) is 35.6 Å². The Morgan fingerprint density at radius 1 is 1.30 bits per heavy atom. The fourth-order valence-electron chi connectivity index (χ4n) is 2.94. The van der Waals surface area contributed by atoms with Crippen LogP contribution >= 0.6 is 47.8 Å². The highest BCUT2D eigenvalue weighted by Crippen LogP contribution is 2.24. The van der Waals surface area contributed by atoms with Crippen LogP contribution in [0, 0.1) is 11.8 Å². The molecule has 1 N–H and O–H groups in total. The molecule has 2 fully saturated rings. The van der Waals surface area contributed by atoms with E-state index in [0.717, 1.165) is 50.1 Å². The predicted octanol–water partition coefficient (Wildman–Crippen LogP) is 2.74. The van der Waals surface area contributed by atoms with Gasteiger partial charge in [-0.1, -0.05) is 18.5 Å². The molecule has 2 aliphatic heterocycles. The van der Waals surface area contributed by atoms with Gasteiger partial charge in [0.2, 0.25) is 5.91 Å². The van der Waals surface area contributed by atoms with E-state index < -0.39 is 0 Å². The molecule has 0 aromatic carbocycles. The number of carbonyl (C=O) groups is 1. The summed E-state index contributed by atoms with van der Waals surface area (Å²) in [6, 6.07) is 4.05. The van der Waals surface area contributed by atoms with Crippen molar-refractivity contribution in [2.45, 2.75) is 13.5 Å². The fraction of sp³-hybridized carbons (Fsp3) is 0.667. The van der Waals surface area contributed by atoms with E-state index in [0.29, 0.717) is 11.8 Å². The highest BCUT2D eigenvalue weighted by molar-refractivity contribution is 7.16. The molecule has 3 heterocycles. The average molecular weight is 401 g/mol. The van der Waals surface area contributed by atoms with Gasteiger partial charge >= 0.3 is 0 Å². The van der Waals surface area contributed by atoms with Crippen LogP contribution in [0.1, 0.15) is 11.8 Å². The summed E-state index contributed by atoms with van der Waals surface area (Å²) in [5.74, 6) is 1.03. The van der Waals surface area contributed by atoms with Crippen LogP contribution in [0.4, 0.5) is 0 Å². The molecule has 1 amide bonds. The standard InChI is InChI=1S/C15H22ClN3OS.2ClH/c1-11(12-8-17-9-12)15(20)19-6-4-18(5-7-19)10-13-2-3-14(16)21-13;;/h2-3,11-12,17H,4-10H2,1H3;2*1H. The fourth-order valence-corrected chi connectivity index (χ4v) is 4.07. The van der Waals surface area contributed by atoms with Crippen LogP contribution in [0.5, 0.6) is 0 Å². The predicted molar refractivity (Wildman–Crippen MR) is 101 cm³/mol. The van der Waals surface area contributed by atoms with Crippen molar-refractivity contribution in [1.82, 2.24) is 15.1 Å². The molecular weight excluding hydrogens is 377 g/mol. The van der Waals surface area contributed by atoms with Gasteiger partial charge in [0.05, 0.1) is 4.34 Å². The molecule has 23 heavy (non-hydrogen) atoms. The first-order chi connectivity index (χ1) is 10.1. The van der Waals surface area contributed by atoms with Crippen LogP contribution in [-0.2, 0) is 11.3 Å². The molecule has 3 rings (SSSR count). The lowest BCUT2D eigenvalue weighted by atomic mass is 9.88. The van der Waals surface area contributed by atoms with Gasteiger partial charge in [0.25, 0.3) is 0 Å². The Morgan fingerprint density at radius 2 is 1.96 bits per heavy atom. The minimum Gasteiger partial charge on any atom is -0.340 e. The second kappa shape index (κ2) is 9.44. The lowest BCUT2D eigenvalue weighted by Gasteiger charge is -2.39. The first kappa shape index (κ1) is 21.0. The lowest BCUT2D eigenvalue weighted by Crippen LogP contribution is -2.54. The van der Waals surface area contributed by atoms with Gasteiger partial charge in [0.15, 0.2) is 0 Å². The number of rotatable bonds is 4. The second-order valence-electron chi connectivity index (χ2n) is 6.01. The van der Waals surface area contributed by atoms with E-state index >= 15 is 0 Å². The van der Waals surface area contributed by atoms with Gasteiger partial charge in [0, 0.05) is 43.5 Å². The maximum absolute atomic E-state index is 12.5. The molecule has 1 unspecified atom stereocenters. The number of thiophene rings is 1. The van der Waals surface area contributed by atoms with E-state index in [1.807, 2.05) is 11.0 Å². The highest BCUT2D eigenvalue weighted by Gasteiger charge is 2.32. The number of amides is 1. The smallest absolute Gasteiger partial charge is 0.225 e. The maximum Gasteiger partial charge on any atom is 0.225 e. The van der Waals surface area contributed by atoms with Crippen molar-refractivity contribution >= 4 is 53.7 Å². The van der Waals surface area contributed by atoms with E-state index in [-0.39, 0.29) is 30.7 Å². The van der Waals surface area contributed by atoms with Gasteiger partial charge in [-0.25, -0.2) is 0 Å². The zero-order chi connectivity index (χ0) is 14.8. The zero-order valence-corrected chi connectivity index (χ0v) is 16.4. The number of piperazine rings is 1. The minimum absolute atomic E-state index is 0. The molecule has 4 nitrogen and oxygen atoms in total. The summed E-state index contributed by atoms with van der Waals surface area (Å²) in [4.78, 5) is 18.2. The Morgan fingerprint density at radius 3 is 2.43 bits per heavy atom. The number of hydrogen-bond acceptors (Lipinski definition) is 4. The van der Waals surface area contributed by atoms with Gasteiger partial charge in [0.1, 0.15) is 0 Å². The third kappa shape index (κ3) is 5.21. The van der Waals surface area contributed by atoms with E-state index in [9.17, 15) is 4.79 Å². The number of carbonyl (C=O) groups excluding carboxylic acids is 1. The molecule has 2 saturated heterocycles. The number of hydrogen-bond donors (Lipinski definition) is 1. The van der Waals surface area contributed by atoms with Gasteiger partial charge in [-0.2, -0.15) is 0 Å². The van der Waals surface area contributed by atoms with Crippen LogP contribution in [0.2, 0.25) is 4.34 Å². The molecule has 0 saturated carbocycles. The molecule has 1 aromatic rings. The summed E-state index contributed by atoms with van der Waals surface area (Å²) in [6.07, 6.45) is 0. The first-order valence-corrected chi connectivity index (χ1v) is 8.79. The minimum atomic E-state index is 0. The zero-order valence-electron chi connectivity index (χ0n) is 13.2. The van der Waals surface area contributed by atoms with Crippen molar-refractivity contribution in [3.8, 4) is 0 Å². The van der Waals surface area contributed by atoms with Crippen molar-refractivity contribution in [3.63, 3.8) is 0 Å². The van der Waals surface area contributed by atoms with Crippen LogP contribution < -0.4 is 5.32 Å². The van der Waals surface area contributed by atoms with Crippen LogP contribution in [0.15, 0.2) is 12.1 Å². The third-order valence-electron chi connectivity index (χ3n) is 4.60. The quantitative estimate of drug-likeness (QED) is 0.844. The molecule has 1 aromatic heterocycles. The summed E-state index contributed by atoms with van der Waals surface area (Å²) in [5, 5.41) is 3.25. The number of nitrogens with zero attached hydrogens (tertiary/aromatic N) is 2. The first-order valence-electron chi connectivity index (χ1n) is 7.59. The SMILES string of the molecule is CC(C(=O)N1CCN(Cc2ccc(Cl)s2)CC1)C1CNC1.Cl.Cl. The molecule has 8 heteroatoms. The van der Waals surface area contributed by atoms with Crippen molar-refractivity contribution < 1.29 is 4.79 Å². The molecule has 1 atom stereocenters. The molecule has 0 spiro atoms. The Hall–Kier alpha value is -0.0400. The lowest BCUT2D eigenvalue weighted by molar-refractivity contribution is -0.139. The molecule has 0 bridgehead atoms. The Bertz CT molecular complexity index is 502. The van der Waals surface area contributed by atoms with E-state index in [2.05, 4.69) is 23.2 Å². The molecule has 0 radical (unpaired) electrons. The summed E-state index contributed by atoms with van der Waals surface area (Å²) < 4.78 is 0.849. The van der Waals surface area contributed by atoms with Gasteiger partial charge in [-0.3, -0.25) is 9.69 Å². The molecular formula is C15H24Cl3N3OS. The van der Waals surface area contributed by atoms with Crippen molar-refractivity contribution in [2.75, 3.05) is 39.3 Å².